The number of aromatic nitrogens is 2. The van der Waals surface area contributed by atoms with Gasteiger partial charge in [0, 0.05) is 0 Å². The number of hydrogen-bond donors (Lipinski definition) is 1. The molecule has 0 amide bonds. The summed E-state index contributed by atoms with van der Waals surface area (Å²) in [6.45, 7) is 2.17. The molecule has 0 radical (unpaired) electrons. The second kappa shape index (κ2) is 5.18. The van der Waals surface area contributed by atoms with Crippen molar-refractivity contribution in [3.05, 3.63) is 46.5 Å². The summed E-state index contributed by atoms with van der Waals surface area (Å²) in [6.07, 6.45) is 2.88. The molecule has 4 heteroatoms. The van der Waals surface area contributed by atoms with Crippen LogP contribution in [0, 0.1) is 0 Å². The first-order valence-corrected chi connectivity index (χ1v) is 6.16. The minimum Gasteiger partial charge on any atom is -0.309 e. The molecular formula is C12H15N3S. The zero-order chi connectivity index (χ0) is 11.4. The summed E-state index contributed by atoms with van der Waals surface area (Å²) in [4.78, 5) is 1.15. The largest absolute Gasteiger partial charge is 0.309 e. The Morgan fingerprint density at radius 1 is 1.44 bits per heavy atom. The monoisotopic (exact) mass is 233 g/mol. The van der Waals surface area contributed by atoms with E-state index in [4.69, 9.17) is 0 Å². The molecule has 1 atom stereocenters. The predicted molar refractivity (Wildman–Crippen MR) is 66.6 cm³/mol. The van der Waals surface area contributed by atoms with Crippen LogP contribution < -0.4 is 5.32 Å². The van der Waals surface area contributed by atoms with Gasteiger partial charge in [-0.1, -0.05) is 35.7 Å². The molecule has 1 N–H and O–H groups in total. The lowest BCUT2D eigenvalue weighted by Crippen LogP contribution is -2.16. The molecule has 0 spiro atoms. The second-order valence-electron chi connectivity index (χ2n) is 3.64. The van der Waals surface area contributed by atoms with Gasteiger partial charge in [0.05, 0.1) is 17.1 Å². The summed E-state index contributed by atoms with van der Waals surface area (Å²) < 4.78 is 3.91. The Bertz CT molecular complexity index is 439. The smallest absolute Gasteiger partial charge is 0.0701 e. The fourth-order valence-corrected chi connectivity index (χ4v) is 2.41. The van der Waals surface area contributed by atoms with Crippen LogP contribution in [0.4, 0.5) is 0 Å². The van der Waals surface area contributed by atoms with E-state index in [0.717, 1.165) is 11.3 Å². The van der Waals surface area contributed by atoms with Crippen molar-refractivity contribution in [1.82, 2.24) is 14.9 Å². The minimum absolute atomic E-state index is 0.200. The van der Waals surface area contributed by atoms with Gasteiger partial charge in [0.1, 0.15) is 0 Å². The Balaban J connectivity index is 2.33. The number of rotatable bonds is 4. The second-order valence-corrected chi connectivity index (χ2v) is 4.46. The molecule has 0 bridgehead atoms. The van der Waals surface area contributed by atoms with Crippen LogP contribution in [0.2, 0.25) is 0 Å². The van der Waals surface area contributed by atoms with Crippen molar-refractivity contribution < 1.29 is 0 Å². The summed E-state index contributed by atoms with van der Waals surface area (Å²) in [7, 11) is 1.96. The standard InChI is InChI=1S/C12H15N3S/c1-3-9-5-4-6-10(7-9)12(13-2)11-8-14-15-16-11/h4-8,12-13H,3H2,1-2H3. The first-order chi connectivity index (χ1) is 7.85. The van der Waals surface area contributed by atoms with Crippen molar-refractivity contribution >= 4 is 11.5 Å². The molecule has 0 aliphatic heterocycles. The van der Waals surface area contributed by atoms with Gasteiger partial charge in [-0.15, -0.1) is 5.10 Å². The molecule has 1 aromatic carbocycles. The van der Waals surface area contributed by atoms with Crippen LogP contribution >= 0.6 is 11.5 Å². The molecule has 16 heavy (non-hydrogen) atoms. The molecule has 0 fully saturated rings. The van der Waals surface area contributed by atoms with Crippen molar-refractivity contribution in [2.75, 3.05) is 7.05 Å². The van der Waals surface area contributed by atoms with Crippen molar-refractivity contribution in [3.8, 4) is 0 Å². The lowest BCUT2D eigenvalue weighted by molar-refractivity contribution is 0.701. The van der Waals surface area contributed by atoms with Crippen LogP contribution in [0.1, 0.15) is 29.0 Å². The van der Waals surface area contributed by atoms with Gasteiger partial charge < -0.3 is 5.32 Å². The molecule has 2 aromatic rings. The van der Waals surface area contributed by atoms with Gasteiger partial charge in [-0.3, -0.25) is 0 Å². The van der Waals surface area contributed by atoms with Gasteiger partial charge in [-0.05, 0) is 36.1 Å². The van der Waals surface area contributed by atoms with E-state index in [0.29, 0.717) is 0 Å². The number of nitrogens with one attached hydrogen (secondary N) is 1. The first-order valence-electron chi connectivity index (χ1n) is 5.38. The third-order valence-corrected chi connectivity index (χ3v) is 3.37. The average molecular weight is 233 g/mol. The van der Waals surface area contributed by atoms with E-state index >= 15 is 0 Å². The maximum atomic E-state index is 3.91. The van der Waals surface area contributed by atoms with Crippen LogP contribution in [0.15, 0.2) is 30.5 Å². The van der Waals surface area contributed by atoms with Crippen LogP contribution in [0.25, 0.3) is 0 Å². The van der Waals surface area contributed by atoms with Crippen LogP contribution in [-0.4, -0.2) is 16.6 Å². The van der Waals surface area contributed by atoms with Crippen LogP contribution in [-0.2, 0) is 6.42 Å². The highest BCUT2D eigenvalue weighted by Gasteiger charge is 2.14. The Labute approximate surface area is 99.7 Å². The Hall–Kier alpha value is -1.26. The lowest BCUT2D eigenvalue weighted by Gasteiger charge is -2.14. The van der Waals surface area contributed by atoms with Crippen molar-refractivity contribution in [3.63, 3.8) is 0 Å². The predicted octanol–water partition coefficient (Wildman–Crippen LogP) is 2.41. The van der Waals surface area contributed by atoms with Gasteiger partial charge in [0.2, 0.25) is 0 Å². The van der Waals surface area contributed by atoms with Crippen molar-refractivity contribution in [1.29, 1.82) is 0 Å². The van der Waals surface area contributed by atoms with Crippen LogP contribution in [0.3, 0.4) is 0 Å². The maximum absolute atomic E-state index is 3.91. The summed E-state index contributed by atoms with van der Waals surface area (Å²) in [6, 6.07) is 8.83. The highest BCUT2D eigenvalue weighted by molar-refractivity contribution is 7.05. The third kappa shape index (κ3) is 2.28. The van der Waals surface area contributed by atoms with E-state index in [1.807, 2.05) is 13.2 Å². The maximum Gasteiger partial charge on any atom is 0.0701 e. The molecule has 1 aromatic heterocycles. The van der Waals surface area contributed by atoms with Crippen molar-refractivity contribution in [2.24, 2.45) is 0 Å². The van der Waals surface area contributed by atoms with Crippen LogP contribution in [0.5, 0.6) is 0 Å². The number of aryl methyl sites for hydroxylation is 1. The van der Waals surface area contributed by atoms with E-state index in [-0.39, 0.29) is 6.04 Å². The Kier molecular flexibility index (Phi) is 3.64. The van der Waals surface area contributed by atoms with Gasteiger partial charge >= 0.3 is 0 Å². The summed E-state index contributed by atoms with van der Waals surface area (Å²) in [5.74, 6) is 0. The molecule has 0 aliphatic carbocycles. The number of hydrogen-bond acceptors (Lipinski definition) is 4. The minimum atomic E-state index is 0.200. The van der Waals surface area contributed by atoms with Gasteiger partial charge in [-0.2, -0.15) is 0 Å². The third-order valence-electron chi connectivity index (χ3n) is 2.64. The summed E-state index contributed by atoms with van der Waals surface area (Å²) >= 11 is 1.44. The highest BCUT2D eigenvalue weighted by atomic mass is 32.1. The molecule has 1 unspecified atom stereocenters. The molecule has 0 aliphatic rings. The topological polar surface area (TPSA) is 37.8 Å². The quantitative estimate of drug-likeness (QED) is 0.881. The van der Waals surface area contributed by atoms with E-state index in [1.54, 1.807) is 0 Å². The molecule has 84 valence electrons. The molecular weight excluding hydrogens is 218 g/mol. The van der Waals surface area contributed by atoms with Gasteiger partial charge in [-0.25, -0.2) is 0 Å². The average Bonchev–Trinajstić information content (AvgIpc) is 2.84. The Morgan fingerprint density at radius 3 is 2.94 bits per heavy atom. The van der Waals surface area contributed by atoms with E-state index in [2.05, 4.69) is 46.1 Å². The lowest BCUT2D eigenvalue weighted by atomic mass is 10.0. The SMILES string of the molecule is CCc1cccc(C(NC)c2cnns2)c1. The first kappa shape index (κ1) is 11.2. The summed E-state index contributed by atoms with van der Waals surface area (Å²) in [5, 5.41) is 7.19. The molecule has 0 saturated carbocycles. The number of benzene rings is 1. The highest BCUT2D eigenvalue weighted by Crippen LogP contribution is 2.24. The molecule has 3 nitrogen and oxygen atoms in total. The van der Waals surface area contributed by atoms with E-state index < -0.39 is 0 Å². The zero-order valence-corrected chi connectivity index (χ0v) is 10.3. The number of nitrogens with zero attached hydrogens (tertiary/aromatic N) is 2. The summed E-state index contributed by atoms with van der Waals surface area (Å²) in [5.41, 5.74) is 2.63. The fourth-order valence-electron chi connectivity index (χ4n) is 1.77. The normalized spacial score (nSPS) is 12.6. The fraction of sp³-hybridized carbons (Fsp3) is 0.333. The molecule has 1 heterocycles. The van der Waals surface area contributed by atoms with Gasteiger partial charge in [0.15, 0.2) is 0 Å². The van der Waals surface area contributed by atoms with E-state index in [9.17, 15) is 0 Å². The molecule has 0 saturated heterocycles. The zero-order valence-electron chi connectivity index (χ0n) is 9.47. The molecule has 2 rings (SSSR count). The van der Waals surface area contributed by atoms with Gasteiger partial charge in [0.25, 0.3) is 0 Å². The Morgan fingerprint density at radius 2 is 2.31 bits per heavy atom. The van der Waals surface area contributed by atoms with E-state index in [1.165, 1.54) is 22.7 Å². The van der Waals surface area contributed by atoms with Crippen molar-refractivity contribution in [2.45, 2.75) is 19.4 Å².